The second-order valence-corrected chi connectivity index (χ2v) is 3.90. The highest BCUT2D eigenvalue weighted by Gasteiger charge is 2.30. The van der Waals surface area contributed by atoms with Crippen LogP contribution in [0, 0.1) is 0 Å². The third kappa shape index (κ3) is 3.06. The van der Waals surface area contributed by atoms with Gasteiger partial charge in [0.25, 0.3) is 0 Å². The van der Waals surface area contributed by atoms with Gasteiger partial charge in [0.05, 0.1) is 5.56 Å². The third-order valence-electron chi connectivity index (χ3n) is 2.44. The molecule has 18 heavy (non-hydrogen) atoms. The molecule has 0 atom stereocenters. The minimum absolute atomic E-state index is 0.293. The van der Waals surface area contributed by atoms with Gasteiger partial charge in [-0.2, -0.15) is 13.2 Å². The lowest BCUT2D eigenvalue weighted by atomic mass is 9.98. The molecule has 0 unspecified atom stereocenters. The quantitative estimate of drug-likeness (QED) is 0.815. The summed E-state index contributed by atoms with van der Waals surface area (Å²) in [4.78, 5) is 0. The van der Waals surface area contributed by atoms with Crippen LogP contribution < -0.4 is 11.1 Å². The van der Waals surface area contributed by atoms with E-state index in [-0.39, 0.29) is 0 Å². The van der Waals surface area contributed by atoms with Crippen molar-refractivity contribution >= 4 is 5.57 Å². The van der Waals surface area contributed by atoms with Gasteiger partial charge in [-0.3, -0.25) is 0 Å². The minimum atomic E-state index is -4.37. The molecule has 5 heteroatoms. The number of nitrogens with two attached hydrogens (primary N) is 1. The number of halogens is 3. The highest BCUT2D eigenvalue weighted by Crippen LogP contribution is 2.32. The number of alkyl halides is 3. The lowest BCUT2D eigenvalue weighted by Crippen LogP contribution is -2.17. The Balaban J connectivity index is 3.37. The SMILES string of the molecule is C=C(C)/C(=C(/N)NC)c1cccc(C(F)(F)F)c1. The van der Waals surface area contributed by atoms with E-state index in [2.05, 4.69) is 11.9 Å². The van der Waals surface area contributed by atoms with Crippen molar-refractivity contribution in [3.05, 3.63) is 53.4 Å². The maximum absolute atomic E-state index is 12.6. The molecule has 0 bridgehead atoms. The molecular formula is C13H15F3N2. The molecule has 0 fully saturated rings. The van der Waals surface area contributed by atoms with Crippen LogP contribution in [0.4, 0.5) is 13.2 Å². The van der Waals surface area contributed by atoms with Gasteiger partial charge in [0.15, 0.2) is 0 Å². The van der Waals surface area contributed by atoms with Gasteiger partial charge in [-0.25, -0.2) is 0 Å². The van der Waals surface area contributed by atoms with Crippen LogP contribution in [-0.2, 0) is 6.18 Å². The lowest BCUT2D eigenvalue weighted by Gasteiger charge is -2.14. The molecule has 0 aliphatic carbocycles. The van der Waals surface area contributed by atoms with E-state index in [9.17, 15) is 13.2 Å². The monoisotopic (exact) mass is 256 g/mol. The Bertz CT molecular complexity index is 487. The van der Waals surface area contributed by atoms with Crippen LogP contribution in [-0.4, -0.2) is 7.05 Å². The summed E-state index contributed by atoms with van der Waals surface area (Å²) in [5.41, 5.74) is 6.51. The standard InChI is InChI=1S/C13H15F3N2/c1-8(2)11(12(17)18-3)9-5-4-6-10(7-9)13(14,15)16/h4-7,18H,1,17H2,2-3H3/b12-11+. The topological polar surface area (TPSA) is 38.0 Å². The average Bonchev–Trinajstić information content (AvgIpc) is 2.27. The molecule has 0 saturated carbocycles. The van der Waals surface area contributed by atoms with Crippen LogP contribution in [0.25, 0.3) is 5.57 Å². The number of hydrogen-bond acceptors (Lipinski definition) is 2. The Hall–Kier alpha value is -1.91. The van der Waals surface area contributed by atoms with E-state index in [1.807, 2.05) is 0 Å². The molecule has 0 aromatic heterocycles. The first kappa shape index (κ1) is 14.2. The molecule has 0 saturated heterocycles. The number of nitrogens with one attached hydrogen (secondary N) is 1. The van der Waals surface area contributed by atoms with Gasteiger partial charge in [0.1, 0.15) is 5.82 Å². The van der Waals surface area contributed by atoms with Crippen molar-refractivity contribution in [3.8, 4) is 0 Å². The zero-order chi connectivity index (χ0) is 13.9. The third-order valence-corrected chi connectivity index (χ3v) is 2.44. The molecule has 1 aromatic rings. The largest absolute Gasteiger partial charge is 0.416 e. The van der Waals surface area contributed by atoms with Crippen molar-refractivity contribution in [3.63, 3.8) is 0 Å². The van der Waals surface area contributed by atoms with Crippen molar-refractivity contribution in [2.75, 3.05) is 7.05 Å². The van der Waals surface area contributed by atoms with E-state index in [0.29, 0.717) is 22.5 Å². The summed E-state index contributed by atoms with van der Waals surface area (Å²) in [5.74, 6) is 0.293. The van der Waals surface area contributed by atoms with Crippen LogP contribution in [0.2, 0.25) is 0 Å². The number of benzene rings is 1. The Kier molecular flexibility index (Phi) is 4.06. The molecule has 0 heterocycles. The van der Waals surface area contributed by atoms with E-state index >= 15 is 0 Å². The van der Waals surface area contributed by atoms with Gasteiger partial charge >= 0.3 is 6.18 Å². The highest BCUT2D eigenvalue weighted by atomic mass is 19.4. The molecular weight excluding hydrogens is 241 g/mol. The van der Waals surface area contributed by atoms with E-state index in [0.717, 1.165) is 12.1 Å². The van der Waals surface area contributed by atoms with Crippen LogP contribution in [0.3, 0.4) is 0 Å². The zero-order valence-electron chi connectivity index (χ0n) is 10.2. The Morgan fingerprint density at radius 3 is 2.39 bits per heavy atom. The molecule has 0 aliphatic rings. The van der Waals surface area contributed by atoms with Crippen LogP contribution >= 0.6 is 0 Å². The lowest BCUT2D eigenvalue weighted by molar-refractivity contribution is -0.137. The fourth-order valence-electron chi connectivity index (χ4n) is 1.61. The molecule has 3 N–H and O–H groups in total. The maximum atomic E-state index is 12.6. The predicted octanol–water partition coefficient (Wildman–Crippen LogP) is 3.13. The van der Waals surface area contributed by atoms with Crippen molar-refractivity contribution in [1.29, 1.82) is 0 Å². The molecule has 0 aliphatic heterocycles. The van der Waals surface area contributed by atoms with E-state index in [1.165, 1.54) is 6.07 Å². The van der Waals surface area contributed by atoms with Crippen LogP contribution in [0.1, 0.15) is 18.1 Å². The highest BCUT2D eigenvalue weighted by molar-refractivity contribution is 5.79. The first-order valence-corrected chi connectivity index (χ1v) is 5.28. The second-order valence-electron chi connectivity index (χ2n) is 3.90. The van der Waals surface area contributed by atoms with Crippen molar-refractivity contribution in [2.24, 2.45) is 5.73 Å². The van der Waals surface area contributed by atoms with Gasteiger partial charge in [-0.15, -0.1) is 0 Å². The zero-order valence-corrected chi connectivity index (χ0v) is 10.2. The van der Waals surface area contributed by atoms with Gasteiger partial charge in [0.2, 0.25) is 0 Å². The normalized spacial score (nSPS) is 12.9. The van der Waals surface area contributed by atoms with Crippen LogP contribution in [0.15, 0.2) is 42.2 Å². The Morgan fingerprint density at radius 2 is 1.94 bits per heavy atom. The Morgan fingerprint density at radius 1 is 1.33 bits per heavy atom. The first-order chi connectivity index (χ1) is 8.27. The van der Waals surface area contributed by atoms with Crippen LogP contribution in [0.5, 0.6) is 0 Å². The molecule has 0 amide bonds. The molecule has 98 valence electrons. The summed E-state index contributed by atoms with van der Waals surface area (Å²) in [6.45, 7) is 5.43. The molecule has 1 rings (SSSR count). The van der Waals surface area contributed by atoms with Gasteiger partial charge in [-0.05, 0) is 30.2 Å². The summed E-state index contributed by atoms with van der Waals surface area (Å²) >= 11 is 0. The van der Waals surface area contributed by atoms with Gasteiger partial charge in [-0.1, -0.05) is 18.7 Å². The second kappa shape index (κ2) is 5.16. The summed E-state index contributed by atoms with van der Waals surface area (Å²) in [6.07, 6.45) is -4.37. The molecule has 0 radical (unpaired) electrons. The molecule has 1 aromatic carbocycles. The van der Waals surface area contributed by atoms with Crippen molar-refractivity contribution in [2.45, 2.75) is 13.1 Å². The van der Waals surface area contributed by atoms with Crippen molar-refractivity contribution < 1.29 is 13.2 Å². The van der Waals surface area contributed by atoms with E-state index in [1.54, 1.807) is 20.0 Å². The van der Waals surface area contributed by atoms with E-state index in [4.69, 9.17) is 5.73 Å². The maximum Gasteiger partial charge on any atom is 0.416 e. The first-order valence-electron chi connectivity index (χ1n) is 5.28. The summed E-state index contributed by atoms with van der Waals surface area (Å²) in [6, 6.07) is 5.01. The van der Waals surface area contributed by atoms with Gasteiger partial charge < -0.3 is 11.1 Å². The van der Waals surface area contributed by atoms with Gasteiger partial charge in [0, 0.05) is 12.6 Å². The molecule has 2 nitrogen and oxygen atoms in total. The smallest absolute Gasteiger partial charge is 0.385 e. The molecule has 0 spiro atoms. The fourth-order valence-corrected chi connectivity index (χ4v) is 1.61. The fraction of sp³-hybridized carbons (Fsp3) is 0.231. The summed E-state index contributed by atoms with van der Waals surface area (Å²) < 4.78 is 37.9. The van der Waals surface area contributed by atoms with Crippen molar-refractivity contribution in [1.82, 2.24) is 5.32 Å². The average molecular weight is 256 g/mol. The predicted molar refractivity (Wildman–Crippen MR) is 66.4 cm³/mol. The number of allylic oxidation sites excluding steroid dienone is 2. The summed E-state index contributed by atoms with van der Waals surface area (Å²) in [5, 5.41) is 2.72. The van der Waals surface area contributed by atoms with E-state index < -0.39 is 11.7 Å². The number of hydrogen-bond donors (Lipinski definition) is 2. The number of rotatable bonds is 3. The minimum Gasteiger partial charge on any atom is -0.385 e. The Labute approximate surface area is 104 Å². The summed E-state index contributed by atoms with van der Waals surface area (Å²) in [7, 11) is 1.60.